The average molecular weight is 207 g/mol. The van der Waals surface area contributed by atoms with E-state index in [1.54, 1.807) is 13.3 Å². The van der Waals surface area contributed by atoms with E-state index in [1.165, 1.54) is 0 Å². The molecule has 82 valence electrons. The van der Waals surface area contributed by atoms with Crippen LogP contribution in [0.4, 0.5) is 11.5 Å². The summed E-state index contributed by atoms with van der Waals surface area (Å²) in [5, 5.41) is 0. The first-order valence-electron chi connectivity index (χ1n) is 5.29. The number of ether oxygens (including phenoxy) is 1. The molecule has 1 atom stereocenters. The lowest BCUT2D eigenvalue weighted by molar-refractivity contribution is 0.0891. The molecule has 1 aromatic rings. The lowest BCUT2D eigenvalue weighted by Crippen LogP contribution is -2.39. The standard InChI is InChI=1S/C11H17N3O/c1-15-10-3-2-6-14(8-10)11-5-4-9(12)7-13-11/h4-5,7,10H,2-3,6,8,12H2,1H3/t10-/m0/s1. The van der Waals surface area contributed by atoms with Crippen molar-refractivity contribution in [1.29, 1.82) is 0 Å². The second-order valence-corrected chi connectivity index (χ2v) is 3.90. The first-order valence-corrected chi connectivity index (χ1v) is 5.29. The molecule has 2 N–H and O–H groups in total. The molecule has 0 spiro atoms. The predicted molar refractivity (Wildman–Crippen MR) is 60.9 cm³/mol. The van der Waals surface area contributed by atoms with Gasteiger partial charge in [-0.2, -0.15) is 0 Å². The summed E-state index contributed by atoms with van der Waals surface area (Å²) in [7, 11) is 1.77. The summed E-state index contributed by atoms with van der Waals surface area (Å²) in [6.45, 7) is 1.98. The minimum atomic E-state index is 0.332. The van der Waals surface area contributed by atoms with Gasteiger partial charge in [0.25, 0.3) is 0 Å². The largest absolute Gasteiger partial charge is 0.397 e. The van der Waals surface area contributed by atoms with E-state index in [-0.39, 0.29) is 0 Å². The van der Waals surface area contributed by atoms with E-state index in [2.05, 4.69) is 9.88 Å². The van der Waals surface area contributed by atoms with Crippen molar-refractivity contribution in [3.05, 3.63) is 18.3 Å². The molecule has 0 saturated carbocycles. The van der Waals surface area contributed by atoms with Crippen molar-refractivity contribution >= 4 is 11.5 Å². The molecule has 1 saturated heterocycles. The maximum Gasteiger partial charge on any atom is 0.128 e. The number of piperidine rings is 1. The fraction of sp³-hybridized carbons (Fsp3) is 0.545. The summed E-state index contributed by atoms with van der Waals surface area (Å²) in [5.41, 5.74) is 6.31. The van der Waals surface area contributed by atoms with Crippen LogP contribution in [0.5, 0.6) is 0 Å². The Morgan fingerprint density at radius 3 is 3.07 bits per heavy atom. The van der Waals surface area contributed by atoms with Crippen LogP contribution >= 0.6 is 0 Å². The van der Waals surface area contributed by atoms with Crippen molar-refractivity contribution in [2.24, 2.45) is 0 Å². The Balaban J connectivity index is 2.06. The zero-order valence-electron chi connectivity index (χ0n) is 9.02. The topological polar surface area (TPSA) is 51.4 Å². The van der Waals surface area contributed by atoms with E-state index in [0.717, 1.165) is 31.7 Å². The second-order valence-electron chi connectivity index (χ2n) is 3.90. The molecule has 1 aliphatic heterocycles. The first kappa shape index (κ1) is 10.2. The van der Waals surface area contributed by atoms with E-state index >= 15 is 0 Å². The van der Waals surface area contributed by atoms with Crippen molar-refractivity contribution in [3.8, 4) is 0 Å². The Hall–Kier alpha value is -1.29. The minimum absolute atomic E-state index is 0.332. The van der Waals surface area contributed by atoms with Crippen LogP contribution in [0.2, 0.25) is 0 Å². The third-order valence-electron chi connectivity index (χ3n) is 2.81. The lowest BCUT2D eigenvalue weighted by atomic mass is 10.1. The van der Waals surface area contributed by atoms with Crippen molar-refractivity contribution in [1.82, 2.24) is 4.98 Å². The van der Waals surface area contributed by atoms with Crippen LogP contribution in [0.1, 0.15) is 12.8 Å². The van der Waals surface area contributed by atoms with Crippen LogP contribution in [-0.4, -0.2) is 31.3 Å². The van der Waals surface area contributed by atoms with Gasteiger partial charge in [-0.15, -0.1) is 0 Å². The smallest absolute Gasteiger partial charge is 0.128 e. The molecule has 0 unspecified atom stereocenters. The zero-order chi connectivity index (χ0) is 10.7. The molecule has 2 rings (SSSR count). The van der Waals surface area contributed by atoms with Gasteiger partial charge in [0.1, 0.15) is 5.82 Å². The number of aromatic nitrogens is 1. The van der Waals surface area contributed by atoms with Crippen LogP contribution in [0, 0.1) is 0 Å². The normalized spacial score (nSPS) is 21.7. The fourth-order valence-electron chi connectivity index (χ4n) is 1.92. The maximum absolute atomic E-state index is 5.60. The summed E-state index contributed by atoms with van der Waals surface area (Å²) >= 11 is 0. The maximum atomic E-state index is 5.60. The highest BCUT2D eigenvalue weighted by molar-refractivity contribution is 5.46. The Kier molecular flexibility index (Phi) is 3.06. The lowest BCUT2D eigenvalue weighted by Gasteiger charge is -2.32. The highest BCUT2D eigenvalue weighted by Gasteiger charge is 2.19. The predicted octanol–water partition coefficient (Wildman–Crippen LogP) is 1.28. The summed E-state index contributed by atoms with van der Waals surface area (Å²) in [5.74, 6) is 0.992. The van der Waals surface area contributed by atoms with E-state index in [1.807, 2.05) is 12.1 Å². The van der Waals surface area contributed by atoms with Crippen molar-refractivity contribution in [2.45, 2.75) is 18.9 Å². The molecule has 1 aliphatic rings. The van der Waals surface area contributed by atoms with Crippen molar-refractivity contribution in [3.63, 3.8) is 0 Å². The number of anilines is 2. The molecule has 0 aliphatic carbocycles. The molecule has 1 fully saturated rings. The van der Waals surface area contributed by atoms with Gasteiger partial charge >= 0.3 is 0 Å². The van der Waals surface area contributed by atoms with Crippen LogP contribution in [0.25, 0.3) is 0 Å². The Bertz CT molecular complexity index is 312. The molecule has 4 heteroatoms. The number of nitrogens with zero attached hydrogens (tertiary/aromatic N) is 2. The highest BCUT2D eigenvalue weighted by Crippen LogP contribution is 2.19. The Morgan fingerprint density at radius 2 is 2.40 bits per heavy atom. The van der Waals surface area contributed by atoms with Crippen LogP contribution in [0.15, 0.2) is 18.3 Å². The van der Waals surface area contributed by atoms with Gasteiger partial charge in [0.15, 0.2) is 0 Å². The van der Waals surface area contributed by atoms with E-state index in [9.17, 15) is 0 Å². The van der Waals surface area contributed by atoms with Gasteiger partial charge in [-0.05, 0) is 25.0 Å². The Labute approximate surface area is 90.0 Å². The van der Waals surface area contributed by atoms with Gasteiger partial charge in [-0.1, -0.05) is 0 Å². The quantitative estimate of drug-likeness (QED) is 0.793. The number of hydrogen-bond donors (Lipinski definition) is 1. The van der Waals surface area contributed by atoms with Crippen molar-refractivity contribution in [2.75, 3.05) is 30.8 Å². The number of nitrogen functional groups attached to an aromatic ring is 1. The monoisotopic (exact) mass is 207 g/mol. The number of methoxy groups -OCH3 is 1. The van der Waals surface area contributed by atoms with E-state index in [4.69, 9.17) is 10.5 Å². The number of nitrogens with two attached hydrogens (primary N) is 1. The van der Waals surface area contributed by atoms with Gasteiger partial charge < -0.3 is 15.4 Å². The molecule has 4 nitrogen and oxygen atoms in total. The van der Waals surface area contributed by atoms with Gasteiger partial charge in [0.2, 0.25) is 0 Å². The SMILES string of the molecule is CO[C@H]1CCCN(c2ccc(N)cn2)C1. The third kappa shape index (κ3) is 2.39. The molecular weight excluding hydrogens is 190 g/mol. The van der Waals surface area contributed by atoms with E-state index < -0.39 is 0 Å². The highest BCUT2D eigenvalue weighted by atomic mass is 16.5. The van der Waals surface area contributed by atoms with Gasteiger partial charge in [0.05, 0.1) is 18.0 Å². The van der Waals surface area contributed by atoms with Gasteiger partial charge in [-0.25, -0.2) is 4.98 Å². The molecule has 1 aromatic heterocycles. The van der Waals surface area contributed by atoms with Crippen LogP contribution in [-0.2, 0) is 4.74 Å². The fourth-order valence-corrected chi connectivity index (χ4v) is 1.92. The Morgan fingerprint density at radius 1 is 1.53 bits per heavy atom. The molecule has 0 radical (unpaired) electrons. The van der Waals surface area contributed by atoms with Gasteiger partial charge in [-0.3, -0.25) is 0 Å². The van der Waals surface area contributed by atoms with Crippen LogP contribution in [0.3, 0.4) is 0 Å². The summed E-state index contributed by atoms with van der Waals surface area (Å²) in [4.78, 5) is 6.56. The molecular formula is C11H17N3O. The summed E-state index contributed by atoms with van der Waals surface area (Å²) < 4.78 is 5.37. The number of rotatable bonds is 2. The van der Waals surface area contributed by atoms with E-state index in [0.29, 0.717) is 11.8 Å². The van der Waals surface area contributed by atoms with Crippen LogP contribution < -0.4 is 10.6 Å². The summed E-state index contributed by atoms with van der Waals surface area (Å²) in [6, 6.07) is 3.85. The average Bonchev–Trinajstić information content (AvgIpc) is 2.30. The molecule has 0 aromatic carbocycles. The first-order chi connectivity index (χ1) is 7.29. The molecule has 0 amide bonds. The molecule has 0 bridgehead atoms. The summed E-state index contributed by atoms with van der Waals surface area (Å²) in [6.07, 6.45) is 4.33. The number of hydrogen-bond acceptors (Lipinski definition) is 4. The third-order valence-corrected chi connectivity index (χ3v) is 2.81. The molecule has 2 heterocycles. The number of pyridine rings is 1. The van der Waals surface area contributed by atoms with Crippen molar-refractivity contribution < 1.29 is 4.74 Å². The zero-order valence-corrected chi connectivity index (χ0v) is 9.02. The molecule has 15 heavy (non-hydrogen) atoms. The minimum Gasteiger partial charge on any atom is -0.397 e. The van der Waals surface area contributed by atoms with Gasteiger partial charge in [0, 0.05) is 20.2 Å². The second kappa shape index (κ2) is 4.49.